The minimum atomic E-state index is -0.508. The molecule has 5 heteroatoms. The number of aryl methyl sites for hydroxylation is 1. The van der Waals surface area contributed by atoms with E-state index >= 15 is 0 Å². The van der Waals surface area contributed by atoms with Gasteiger partial charge in [-0.05, 0) is 18.6 Å². The van der Waals surface area contributed by atoms with Crippen LogP contribution in [0.25, 0.3) is 0 Å². The Bertz CT molecular complexity index is 429. The molecule has 0 fully saturated rings. The number of hydrogen-bond acceptors (Lipinski definition) is 4. The molecule has 1 amide bonds. The number of rotatable bonds is 4. The lowest BCUT2D eigenvalue weighted by molar-refractivity contribution is -0.144. The number of anilines is 1. The number of carbonyl (C=O) groups excluding carboxylic acids is 2. The zero-order valence-electron chi connectivity index (χ0n) is 9.82. The number of ether oxygens (including phenoxy) is 1. The lowest BCUT2D eigenvalue weighted by Gasteiger charge is -2.11. The highest BCUT2D eigenvalue weighted by atomic mass is 16.5. The molecule has 1 aromatic rings. The van der Waals surface area contributed by atoms with E-state index in [1.54, 1.807) is 12.1 Å². The van der Waals surface area contributed by atoms with E-state index in [0.29, 0.717) is 11.3 Å². The van der Waals surface area contributed by atoms with E-state index in [9.17, 15) is 14.7 Å². The second-order valence-electron chi connectivity index (χ2n) is 3.59. The van der Waals surface area contributed by atoms with Gasteiger partial charge in [-0.15, -0.1) is 0 Å². The van der Waals surface area contributed by atoms with Gasteiger partial charge in [0, 0.05) is 18.2 Å². The minimum Gasteiger partial charge on any atom is -0.456 e. The molecule has 0 aliphatic rings. The predicted molar refractivity (Wildman–Crippen MR) is 62.4 cm³/mol. The van der Waals surface area contributed by atoms with Gasteiger partial charge in [0.1, 0.15) is 0 Å². The molecule has 92 valence electrons. The molecule has 0 heterocycles. The molecule has 5 nitrogen and oxygen atoms in total. The third-order valence-electron chi connectivity index (χ3n) is 2.25. The molecule has 0 bridgehead atoms. The summed E-state index contributed by atoms with van der Waals surface area (Å²) in [5.74, 6) is -0.938. The van der Waals surface area contributed by atoms with E-state index in [1.807, 2.05) is 13.0 Å². The normalized spacial score (nSPS) is 9.82. The first-order chi connectivity index (χ1) is 8.04. The molecule has 0 saturated carbocycles. The van der Waals surface area contributed by atoms with Gasteiger partial charge >= 0.3 is 5.97 Å². The van der Waals surface area contributed by atoms with Gasteiger partial charge in [-0.25, -0.2) is 0 Å². The van der Waals surface area contributed by atoms with E-state index in [0.717, 1.165) is 5.56 Å². The van der Waals surface area contributed by atoms with Crippen molar-refractivity contribution in [1.82, 2.24) is 0 Å². The summed E-state index contributed by atoms with van der Waals surface area (Å²) in [5.41, 5.74) is 2.08. The number of aliphatic hydroxyl groups excluding tert-OH is 1. The van der Waals surface area contributed by atoms with Crippen LogP contribution in [0, 0.1) is 6.92 Å². The fourth-order valence-electron chi connectivity index (χ4n) is 1.38. The summed E-state index contributed by atoms with van der Waals surface area (Å²) in [6.45, 7) is 2.59. The summed E-state index contributed by atoms with van der Waals surface area (Å²) >= 11 is 0. The second-order valence-corrected chi connectivity index (χ2v) is 3.59. The molecule has 0 aromatic heterocycles. The van der Waals surface area contributed by atoms with E-state index < -0.39 is 11.9 Å². The average Bonchev–Trinajstić information content (AvgIpc) is 2.27. The SMILES string of the molecule is CC(=O)OCC(=O)Nc1cccc(C)c1CO. The molecule has 1 aromatic carbocycles. The van der Waals surface area contributed by atoms with Gasteiger partial charge in [-0.3, -0.25) is 9.59 Å². The van der Waals surface area contributed by atoms with Crippen LogP contribution in [0.3, 0.4) is 0 Å². The monoisotopic (exact) mass is 237 g/mol. The number of benzene rings is 1. The van der Waals surface area contributed by atoms with Crippen molar-refractivity contribution in [3.05, 3.63) is 29.3 Å². The van der Waals surface area contributed by atoms with Crippen molar-refractivity contribution in [1.29, 1.82) is 0 Å². The van der Waals surface area contributed by atoms with E-state index in [2.05, 4.69) is 10.1 Å². The molecule has 1 rings (SSSR count). The highest BCUT2D eigenvalue weighted by Gasteiger charge is 2.09. The van der Waals surface area contributed by atoms with Crippen LogP contribution in [0.5, 0.6) is 0 Å². The maximum atomic E-state index is 11.4. The van der Waals surface area contributed by atoms with Crippen LogP contribution < -0.4 is 5.32 Å². The zero-order chi connectivity index (χ0) is 12.8. The van der Waals surface area contributed by atoms with Crippen LogP contribution in [0.15, 0.2) is 18.2 Å². The zero-order valence-corrected chi connectivity index (χ0v) is 9.82. The highest BCUT2D eigenvalue weighted by molar-refractivity contribution is 5.93. The van der Waals surface area contributed by atoms with Crippen LogP contribution >= 0.6 is 0 Å². The third-order valence-corrected chi connectivity index (χ3v) is 2.25. The Kier molecular flexibility index (Phi) is 4.66. The molecule has 0 unspecified atom stereocenters. The Balaban J connectivity index is 2.71. The van der Waals surface area contributed by atoms with Crippen molar-refractivity contribution in [3.63, 3.8) is 0 Å². The summed E-state index contributed by atoms with van der Waals surface area (Å²) < 4.78 is 4.57. The van der Waals surface area contributed by atoms with Crippen LogP contribution in [0.4, 0.5) is 5.69 Å². The Labute approximate surface area is 99.4 Å². The number of carbonyl (C=O) groups is 2. The molecule has 0 saturated heterocycles. The van der Waals surface area contributed by atoms with E-state index in [4.69, 9.17) is 0 Å². The molecule has 0 aliphatic carbocycles. The van der Waals surface area contributed by atoms with Crippen LogP contribution in [-0.2, 0) is 20.9 Å². The number of aliphatic hydroxyl groups is 1. The van der Waals surface area contributed by atoms with Crippen molar-refractivity contribution >= 4 is 17.6 Å². The Morgan fingerprint density at radius 3 is 2.71 bits per heavy atom. The lowest BCUT2D eigenvalue weighted by Crippen LogP contribution is -2.20. The second kappa shape index (κ2) is 6.00. The minimum absolute atomic E-state index is 0.157. The van der Waals surface area contributed by atoms with Gasteiger partial charge in [0.2, 0.25) is 0 Å². The molecule has 17 heavy (non-hydrogen) atoms. The molecular formula is C12H15NO4. The molecular weight excluding hydrogens is 222 g/mol. The molecule has 2 N–H and O–H groups in total. The first-order valence-corrected chi connectivity index (χ1v) is 5.17. The Hall–Kier alpha value is -1.88. The van der Waals surface area contributed by atoms with Crippen LogP contribution in [0.1, 0.15) is 18.1 Å². The maximum absolute atomic E-state index is 11.4. The maximum Gasteiger partial charge on any atom is 0.303 e. The number of hydrogen-bond donors (Lipinski definition) is 2. The van der Waals surface area contributed by atoms with Gasteiger partial charge in [-0.1, -0.05) is 12.1 Å². The average molecular weight is 237 g/mol. The molecule has 0 radical (unpaired) electrons. The van der Waals surface area contributed by atoms with Gasteiger partial charge in [0.25, 0.3) is 5.91 Å². The number of nitrogens with one attached hydrogen (secondary N) is 1. The standard InChI is InChI=1S/C12H15NO4/c1-8-4-3-5-11(10(8)6-14)13-12(16)7-17-9(2)15/h3-5,14H,6-7H2,1-2H3,(H,13,16). The van der Waals surface area contributed by atoms with Crippen LogP contribution in [0.2, 0.25) is 0 Å². The predicted octanol–water partition coefficient (Wildman–Crippen LogP) is 0.989. The largest absolute Gasteiger partial charge is 0.456 e. The fourth-order valence-corrected chi connectivity index (χ4v) is 1.38. The van der Waals surface area contributed by atoms with Gasteiger partial charge in [0.05, 0.1) is 6.61 Å². The third kappa shape index (κ3) is 3.88. The van der Waals surface area contributed by atoms with Gasteiger partial charge < -0.3 is 15.2 Å². The summed E-state index contributed by atoms with van der Waals surface area (Å²) in [7, 11) is 0. The van der Waals surface area contributed by atoms with E-state index in [-0.39, 0.29) is 13.2 Å². The number of amides is 1. The van der Waals surface area contributed by atoms with Crippen molar-refractivity contribution in [2.45, 2.75) is 20.5 Å². The summed E-state index contributed by atoms with van der Waals surface area (Å²) in [4.78, 5) is 22.0. The van der Waals surface area contributed by atoms with Gasteiger partial charge in [-0.2, -0.15) is 0 Å². The van der Waals surface area contributed by atoms with Crippen molar-refractivity contribution in [2.75, 3.05) is 11.9 Å². The Morgan fingerprint density at radius 1 is 1.41 bits per heavy atom. The molecule has 0 aliphatic heterocycles. The van der Waals surface area contributed by atoms with Gasteiger partial charge in [0.15, 0.2) is 6.61 Å². The fraction of sp³-hybridized carbons (Fsp3) is 0.333. The van der Waals surface area contributed by atoms with Crippen molar-refractivity contribution < 1.29 is 19.4 Å². The number of esters is 1. The molecule has 0 spiro atoms. The summed E-state index contributed by atoms with van der Waals surface area (Å²) in [5, 5.41) is 11.8. The lowest BCUT2D eigenvalue weighted by atomic mass is 10.1. The Morgan fingerprint density at radius 2 is 2.12 bits per heavy atom. The smallest absolute Gasteiger partial charge is 0.303 e. The topological polar surface area (TPSA) is 75.6 Å². The van der Waals surface area contributed by atoms with Crippen molar-refractivity contribution in [2.24, 2.45) is 0 Å². The molecule has 0 atom stereocenters. The first kappa shape index (κ1) is 13.2. The van der Waals surface area contributed by atoms with Crippen molar-refractivity contribution in [3.8, 4) is 0 Å². The van der Waals surface area contributed by atoms with Crippen LogP contribution in [-0.4, -0.2) is 23.6 Å². The quantitative estimate of drug-likeness (QED) is 0.766. The summed E-state index contributed by atoms with van der Waals surface area (Å²) in [6, 6.07) is 5.30. The summed E-state index contributed by atoms with van der Waals surface area (Å²) in [6.07, 6.45) is 0. The first-order valence-electron chi connectivity index (χ1n) is 5.17. The van der Waals surface area contributed by atoms with E-state index in [1.165, 1.54) is 6.92 Å². The highest BCUT2D eigenvalue weighted by Crippen LogP contribution is 2.19.